The third-order valence-corrected chi connectivity index (χ3v) is 2.96. The van der Waals surface area contributed by atoms with E-state index in [9.17, 15) is 0 Å². The van der Waals surface area contributed by atoms with Crippen molar-refractivity contribution >= 4 is 5.82 Å². The highest BCUT2D eigenvalue weighted by atomic mass is 15.2. The summed E-state index contributed by atoms with van der Waals surface area (Å²) < 4.78 is 0. The molecule has 0 aliphatic heterocycles. The lowest BCUT2D eigenvalue weighted by Gasteiger charge is -2.20. The van der Waals surface area contributed by atoms with Crippen molar-refractivity contribution in [3.05, 3.63) is 23.9 Å². The molecule has 0 unspecified atom stereocenters. The van der Waals surface area contributed by atoms with E-state index in [1.54, 1.807) is 0 Å². The number of nitrogens with one attached hydrogen (secondary N) is 1. The van der Waals surface area contributed by atoms with Crippen LogP contribution in [-0.4, -0.2) is 50.7 Å². The fourth-order valence-electron chi connectivity index (χ4n) is 1.72. The molecule has 0 bridgehead atoms. The van der Waals surface area contributed by atoms with Gasteiger partial charge in [-0.05, 0) is 38.2 Å². The van der Waals surface area contributed by atoms with Crippen molar-refractivity contribution in [1.82, 2.24) is 15.2 Å². The van der Waals surface area contributed by atoms with Crippen LogP contribution in [0.15, 0.2) is 18.3 Å². The summed E-state index contributed by atoms with van der Waals surface area (Å²) in [5.74, 6) is 1.72. The minimum atomic E-state index is 0.685. The first-order valence-electron chi connectivity index (χ1n) is 7.00. The van der Waals surface area contributed by atoms with Crippen LogP contribution < -0.4 is 10.2 Å². The summed E-state index contributed by atoms with van der Waals surface area (Å²) in [4.78, 5) is 8.89. The lowest BCUT2D eigenvalue weighted by Crippen LogP contribution is -2.29. The predicted molar refractivity (Wildman–Crippen MR) is 82.6 cm³/mol. The van der Waals surface area contributed by atoms with Gasteiger partial charge < -0.3 is 15.1 Å². The summed E-state index contributed by atoms with van der Waals surface area (Å²) in [6.45, 7) is 8.40. The quantitative estimate of drug-likeness (QED) is 0.776. The van der Waals surface area contributed by atoms with E-state index in [0.717, 1.165) is 32.0 Å². The molecule has 1 heterocycles. The van der Waals surface area contributed by atoms with Gasteiger partial charge in [0.15, 0.2) is 0 Å². The SMILES string of the molecule is CC(C)CNCc1ccc(N(C)CCN(C)C)nc1. The number of aromatic nitrogens is 1. The van der Waals surface area contributed by atoms with Crippen molar-refractivity contribution < 1.29 is 0 Å². The van der Waals surface area contributed by atoms with E-state index in [4.69, 9.17) is 0 Å². The first kappa shape index (κ1) is 15.9. The molecule has 0 saturated carbocycles. The summed E-state index contributed by atoms with van der Waals surface area (Å²) in [5.41, 5.74) is 1.24. The maximum atomic E-state index is 4.52. The van der Waals surface area contributed by atoms with Gasteiger partial charge in [-0.3, -0.25) is 0 Å². The molecule has 1 aromatic heterocycles. The molecule has 1 N–H and O–H groups in total. The molecule has 0 radical (unpaired) electrons. The maximum Gasteiger partial charge on any atom is 0.128 e. The van der Waals surface area contributed by atoms with Crippen molar-refractivity contribution in [1.29, 1.82) is 0 Å². The standard InChI is InChI=1S/C15H28N4/c1-13(2)10-16-11-14-6-7-15(17-12-14)19(5)9-8-18(3)4/h6-7,12-13,16H,8-11H2,1-5H3. The van der Waals surface area contributed by atoms with Gasteiger partial charge in [0.05, 0.1) is 0 Å². The number of hydrogen-bond donors (Lipinski definition) is 1. The zero-order valence-corrected chi connectivity index (χ0v) is 13.0. The van der Waals surface area contributed by atoms with Gasteiger partial charge in [-0.25, -0.2) is 4.98 Å². The number of hydrogen-bond acceptors (Lipinski definition) is 4. The fraction of sp³-hybridized carbons (Fsp3) is 0.667. The first-order chi connectivity index (χ1) is 8.99. The summed E-state index contributed by atoms with van der Waals surface area (Å²) in [6.07, 6.45) is 1.97. The average Bonchev–Trinajstić information content (AvgIpc) is 2.36. The molecule has 4 nitrogen and oxygen atoms in total. The predicted octanol–water partition coefficient (Wildman–Crippen LogP) is 1.82. The minimum Gasteiger partial charge on any atom is -0.358 e. The largest absolute Gasteiger partial charge is 0.358 e. The Balaban J connectivity index is 2.42. The molecular weight excluding hydrogens is 236 g/mol. The van der Waals surface area contributed by atoms with Crippen molar-refractivity contribution in [3.8, 4) is 0 Å². The molecule has 1 rings (SSSR count). The van der Waals surface area contributed by atoms with E-state index in [1.807, 2.05) is 6.20 Å². The van der Waals surface area contributed by atoms with Crippen LogP contribution in [0.4, 0.5) is 5.82 Å². The normalized spacial score (nSPS) is 11.3. The second-order valence-corrected chi connectivity index (χ2v) is 5.77. The smallest absolute Gasteiger partial charge is 0.128 e. The Morgan fingerprint density at radius 1 is 1.16 bits per heavy atom. The van der Waals surface area contributed by atoms with Crippen LogP contribution in [0.3, 0.4) is 0 Å². The zero-order chi connectivity index (χ0) is 14.3. The van der Waals surface area contributed by atoms with E-state index in [1.165, 1.54) is 5.56 Å². The van der Waals surface area contributed by atoms with E-state index >= 15 is 0 Å². The maximum absolute atomic E-state index is 4.52. The molecule has 0 amide bonds. The van der Waals surface area contributed by atoms with E-state index in [2.05, 4.69) is 67.2 Å². The summed E-state index contributed by atoms with van der Waals surface area (Å²) in [6, 6.07) is 4.25. The van der Waals surface area contributed by atoms with Gasteiger partial charge in [-0.1, -0.05) is 19.9 Å². The third kappa shape index (κ3) is 6.55. The molecule has 1 aromatic rings. The van der Waals surface area contributed by atoms with Gasteiger partial charge in [0.1, 0.15) is 5.82 Å². The highest BCUT2D eigenvalue weighted by Crippen LogP contribution is 2.09. The fourth-order valence-corrected chi connectivity index (χ4v) is 1.72. The van der Waals surface area contributed by atoms with Crippen LogP contribution in [-0.2, 0) is 6.54 Å². The molecule has 0 saturated heterocycles. The molecule has 19 heavy (non-hydrogen) atoms. The van der Waals surface area contributed by atoms with Gasteiger partial charge in [0.2, 0.25) is 0 Å². The topological polar surface area (TPSA) is 31.4 Å². The van der Waals surface area contributed by atoms with Crippen LogP contribution in [0, 0.1) is 5.92 Å². The summed E-state index contributed by atoms with van der Waals surface area (Å²) in [5, 5.41) is 3.43. The Hall–Kier alpha value is -1.13. The number of nitrogens with zero attached hydrogens (tertiary/aromatic N) is 3. The van der Waals surface area contributed by atoms with Crippen molar-refractivity contribution in [3.63, 3.8) is 0 Å². The van der Waals surface area contributed by atoms with Gasteiger partial charge in [0, 0.05) is 32.9 Å². The van der Waals surface area contributed by atoms with Crippen LogP contribution in [0.1, 0.15) is 19.4 Å². The first-order valence-corrected chi connectivity index (χ1v) is 7.00. The van der Waals surface area contributed by atoms with Crippen molar-refractivity contribution in [2.24, 2.45) is 5.92 Å². The van der Waals surface area contributed by atoms with Gasteiger partial charge >= 0.3 is 0 Å². The molecule has 0 aromatic carbocycles. The average molecular weight is 264 g/mol. The Bertz CT molecular complexity index is 346. The second kappa shape index (κ2) is 8.12. The van der Waals surface area contributed by atoms with E-state index in [0.29, 0.717) is 5.92 Å². The van der Waals surface area contributed by atoms with E-state index in [-0.39, 0.29) is 0 Å². The Kier molecular flexibility index (Phi) is 6.81. The molecule has 0 aliphatic carbocycles. The summed E-state index contributed by atoms with van der Waals surface area (Å²) >= 11 is 0. The van der Waals surface area contributed by atoms with Crippen LogP contribution in [0.25, 0.3) is 0 Å². The highest BCUT2D eigenvalue weighted by Gasteiger charge is 2.03. The Morgan fingerprint density at radius 3 is 2.42 bits per heavy atom. The highest BCUT2D eigenvalue weighted by molar-refractivity contribution is 5.38. The van der Waals surface area contributed by atoms with Gasteiger partial charge in [0.25, 0.3) is 0 Å². The second-order valence-electron chi connectivity index (χ2n) is 5.77. The van der Waals surface area contributed by atoms with E-state index < -0.39 is 0 Å². The number of anilines is 1. The van der Waals surface area contributed by atoms with Crippen LogP contribution >= 0.6 is 0 Å². The van der Waals surface area contributed by atoms with Crippen LogP contribution in [0.5, 0.6) is 0 Å². The third-order valence-electron chi connectivity index (χ3n) is 2.96. The monoisotopic (exact) mass is 264 g/mol. The molecule has 0 fully saturated rings. The molecule has 4 heteroatoms. The van der Waals surface area contributed by atoms with Gasteiger partial charge in [-0.2, -0.15) is 0 Å². The number of pyridine rings is 1. The molecule has 0 aliphatic rings. The molecule has 108 valence electrons. The minimum absolute atomic E-state index is 0.685. The van der Waals surface area contributed by atoms with Crippen LogP contribution in [0.2, 0.25) is 0 Å². The van der Waals surface area contributed by atoms with Crippen molar-refractivity contribution in [2.75, 3.05) is 45.7 Å². The Morgan fingerprint density at radius 2 is 1.89 bits per heavy atom. The molecule has 0 spiro atoms. The number of rotatable bonds is 8. The molecule has 0 atom stereocenters. The zero-order valence-electron chi connectivity index (χ0n) is 13.0. The molecular formula is C15H28N4. The van der Waals surface area contributed by atoms with Crippen molar-refractivity contribution in [2.45, 2.75) is 20.4 Å². The summed E-state index contributed by atoms with van der Waals surface area (Å²) in [7, 11) is 6.26. The Labute approximate surface area is 117 Å². The number of likely N-dealkylation sites (N-methyl/N-ethyl adjacent to an activating group) is 2. The van der Waals surface area contributed by atoms with Gasteiger partial charge in [-0.15, -0.1) is 0 Å². The lowest BCUT2D eigenvalue weighted by atomic mass is 10.2. The lowest BCUT2D eigenvalue weighted by molar-refractivity contribution is 0.416.